The largest absolute Gasteiger partial charge is 0.481 e. The highest BCUT2D eigenvalue weighted by Crippen LogP contribution is 2.59. The first-order valence-electron chi connectivity index (χ1n) is 5.35. The minimum atomic E-state index is -0.923. The Hall–Kier alpha value is -1.10. The van der Waals surface area contributed by atoms with Gasteiger partial charge in [-0.3, -0.25) is 9.59 Å². The van der Waals surface area contributed by atoms with E-state index in [0.29, 0.717) is 0 Å². The van der Waals surface area contributed by atoms with Gasteiger partial charge in [0.2, 0.25) is 5.91 Å². The number of carboxylic acid groups (broad SMARTS) is 1. The molecular formula is C11H19NO4. The Bertz CT molecular complexity index is 313. The van der Waals surface area contributed by atoms with Gasteiger partial charge in [0.25, 0.3) is 0 Å². The predicted molar refractivity (Wildman–Crippen MR) is 57.7 cm³/mol. The number of hydrogen-bond donors (Lipinski definition) is 2. The van der Waals surface area contributed by atoms with Crippen LogP contribution in [-0.2, 0) is 9.59 Å². The molecule has 5 heteroatoms. The Morgan fingerprint density at radius 3 is 2.19 bits per heavy atom. The lowest BCUT2D eigenvalue weighted by atomic mass is 10.1. The highest BCUT2D eigenvalue weighted by Gasteiger charge is 2.66. The van der Waals surface area contributed by atoms with Crippen LogP contribution < -0.4 is 0 Å². The Labute approximate surface area is 95.1 Å². The van der Waals surface area contributed by atoms with Crippen molar-refractivity contribution < 1.29 is 19.8 Å². The highest BCUT2D eigenvalue weighted by molar-refractivity contribution is 5.91. The number of amides is 1. The number of carbonyl (C=O) groups excluding carboxylic acids is 1. The second-order valence-electron chi connectivity index (χ2n) is 5.10. The molecule has 3 unspecified atom stereocenters. The van der Waals surface area contributed by atoms with Crippen molar-refractivity contribution in [2.24, 2.45) is 17.3 Å². The molecule has 16 heavy (non-hydrogen) atoms. The molecule has 0 aromatic rings. The van der Waals surface area contributed by atoms with Gasteiger partial charge in [-0.25, -0.2) is 0 Å². The number of aliphatic hydroxyl groups is 1. The van der Waals surface area contributed by atoms with Crippen molar-refractivity contribution in [2.75, 3.05) is 13.7 Å². The molecule has 0 heterocycles. The Kier molecular flexibility index (Phi) is 3.28. The molecule has 0 aromatic heterocycles. The summed E-state index contributed by atoms with van der Waals surface area (Å²) in [4.78, 5) is 24.3. The minimum Gasteiger partial charge on any atom is -0.481 e. The fraction of sp³-hybridized carbons (Fsp3) is 0.818. The molecule has 92 valence electrons. The summed E-state index contributed by atoms with van der Waals surface area (Å²) >= 11 is 0. The van der Waals surface area contributed by atoms with E-state index in [-0.39, 0.29) is 18.6 Å². The van der Waals surface area contributed by atoms with Crippen molar-refractivity contribution in [1.29, 1.82) is 0 Å². The number of nitrogens with zero attached hydrogens (tertiary/aromatic N) is 1. The van der Waals surface area contributed by atoms with Gasteiger partial charge in [-0.1, -0.05) is 13.8 Å². The summed E-state index contributed by atoms with van der Waals surface area (Å²) in [6, 6.07) is -0.279. The first-order valence-corrected chi connectivity index (χ1v) is 5.35. The minimum absolute atomic E-state index is 0.118. The molecule has 1 rings (SSSR count). The summed E-state index contributed by atoms with van der Waals surface area (Å²) in [6.45, 7) is 5.17. The van der Waals surface area contributed by atoms with Crippen LogP contribution in [0, 0.1) is 17.3 Å². The molecule has 0 saturated heterocycles. The second-order valence-corrected chi connectivity index (χ2v) is 5.10. The SMILES string of the molecule is CC(CO)N(C)C(=O)C1C(C(=O)O)C1(C)C. The van der Waals surface area contributed by atoms with Crippen molar-refractivity contribution in [2.45, 2.75) is 26.8 Å². The van der Waals surface area contributed by atoms with E-state index in [9.17, 15) is 9.59 Å². The first-order chi connectivity index (χ1) is 7.25. The van der Waals surface area contributed by atoms with Crippen LogP contribution in [0.3, 0.4) is 0 Å². The second kappa shape index (κ2) is 4.05. The average molecular weight is 229 g/mol. The number of rotatable bonds is 4. The molecule has 0 aliphatic heterocycles. The number of hydrogen-bond acceptors (Lipinski definition) is 3. The van der Waals surface area contributed by atoms with Gasteiger partial charge in [-0.15, -0.1) is 0 Å². The van der Waals surface area contributed by atoms with Crippen LogP contribution in [0.1, 0.15) is 20.8 Å². The fourth-order valence-corrected chi connectivity index (χ4v) is 2.12. The Morgan fingerprint density at radius 2 is 1.88 bits per heavy atom. The molecule has 2 N–H and O–H groups in total. The molecule has 0 bridgehead atoms. The van der Waals surface area contributed by atoms with E-state index >= 15 is 0 Å². The zero-order valence-corrected chi connectivity index (χ0v) is 10.1. The topological polar surface area (TPSA) is 77.8 Å². The number of likely N-dealkylation sites (N-methyl/N-ethyl adjacent to an activating group) is 1. The third-order valence-electron chi connectivity index (χ3n) is 3.63. The van der Waals surface area contributed by atoms with Gasteiger partial charge in [0.15, 0.2) is 0 Å². The Morgan fingerprint density at radius 1 is 1.38 bits per heavy atom. The van der Waals surface area contributed by atoms with E-state index in [0.717, 1.165) is 0 Å². The quantitative estimate of drug-likeness (QED) is 0.721. The van der Waals surface area contributed by atoms with Crippen molar-refractivity contribution in [3.05, 3.63) is 0 Å². The van der Waals surface area contributed by atoms with Crippen molar-refractivity contribution in [3.8, 4) is 0 Å². The summed E-state index contributed by atoms with van der Waals surface area (Å²) in [5.74, 6) is -2.19. The normalized spacial score (nSPS) is 28.3. The number of carboxylic acids is 1. The summed E-state index contributed by atoms with van der Waals surface area (Å²) in [5, 5.41) is 17.9. The van der Waals surface area contributed by atoms with Crippen molar-refractivity contribution >= 4 is 11.9 Å². The van der Waals surface area contributed by atoms with Crippen LogP contribution in [-0.4, -0.2) is 46.7 Å². The van der Waals surface area contributed by atoms with Crippen molar-refractivity contribution in [3.63, 3.8) is 0 Å². The van der Waals surface area contributed by atoms with Crippen LogP contribution in [0.25, 0.3) is 0 Å². The van der Waals surface area contributed by atoms with Crippen LogP contribution in [0.4, 0.5) is 0 Å². The molecule has 1 fully saturated rings. The summed E-state index contributed by atoms with van der Waals surface area (Å²) in [5.41, 5.74) is -0.480. The van der Waals surface area contributed by atoms with Crippen LogP contribution in [0.5, 0.6) is 0 Å². The van der Waals surface area contributed by atoms with Gasteiger partial charge in [-0.05, 0) is 12.3 Å². The monoisotopic (exact) mass is 229 g/mol. The fourth-order valence-electron chi connectivity index (χ4n) is 2.12. The maximum absolute atomic E-state index is 12.0. The van der Waals surface area contributed by atoms with Crippen molar-refractivity contribution in [1.82, 2.24) is 4.90 Å². The zero-order chi connectivity index (χ0) is 12.7. The third-order valence-corrected chi connectivity index (χ3v) is 3.63. The predicted octanol–water partition coefficient (Wildman–Crippen LogP) is 0.182. The molecule has 1 aliphatic carbocycles. The van der Waals surface area contributed by atoms with Gasteiger partial charge >= 0.3 is 5.97 Å². The van der Waals surface area contributed by atoms with E-state index in [4.69, 9.17) is 10.2 Å². The van der Waals surface area contributed by atoms with Gasteiger partial charge in [0.05, 0.1) is 24.5 Å². The zero-order valence-electron chi connectivity index (χ0n) is 10.1. The molecule has 0 radical (unpaired) electrons. The smallest absolute Gasteiger partial charge is 0.307 e. The average Bonchev–Trinajstić information content (AvgIpc) is 2.78. The van der Waals surface area contributed by atoms with Gasteiger partial charge in [0, 0.05) is 7.05 Å². The highest BCUT2D eigenvalue weighted by atomic mass is 16.4. The maximum atomic E-state index is 12.0. The lowest BCUT2D eigenvalue weighted by Crippen LogP contribution is -2.39. The van der Waals surface area contributed by atoms with Gasteiger partial charge in [-0.2, -0.15) is 0 Å². The summed E-state index contributed by atoms with van der Waals surface area (Å²) in [6.07, 6.45) is 0. The lowest BCUT2D eigenvalue weighted by molar-refractivity contribution is -0.142. The first kappa shape index (κ1) is 13.0. The van der Waals surface area contributed by atoms with Crippen LogP contribution >= 0.6 is 0 Å². The summed E-state index contributed by atoms with van der Waals surface area (Å²) < 4.78 is 0. The van der Waals surface area contributed by atoms with E-state index in [1.54, 1.807) is 27.8 Å². The van der Waals surface area contributed by atoms with E-state index in [1.807, 2.05) is 0 Å². The molecule has 1 amide bonds. The molecule has 3 atom stereocenters. The maximum Gasteiger partial charge on any atom is 0.307 e. The Balaban J connectivity index is 2.74. The molecular weight excluding hydrogens is 210 g/mol. The molecule has 1 aliphatic rings. The van der Waals surface area contributed by atoms with Gasteiger partial charge < -0.3 is 15.1 Å². The molecule has 0 aromatic carbocycles. The summed E-state index contributed by atoms with van der Waals surface area (Å²) in [7, 11) is 1.59. The number of aliphatic carboxylic acids is 1. The van der Waals surface area contributed by atoms with Crippen LogP contribution in [0.2, 0.25) is 0 Å². The molecule has 0 spiro atoms. The van der Waals surface area contributed by atoms with E-state index < -0.39 is 23.2 Å². The molecule has 1 saturated carbocycles. The standard InChI is InChI=1S/C11H19NO4/c1-6(5-13)12(4)9(14)7-8(10(15)16)11(7,2)3/h6-8,13H,5H2,1-4H3,(H,15,16). The molecule has 5 nitrogen and oxygen atoms in total. The van der Waals surface area contributed by atoms with Gasteiger partial charge in [0.1, 0.15) is 0 Å². The third kappa shape index (κ3) is 1.91. The number of carbonyl (C=O) groups is 2. The number of aliphatic hydroxyl groups excluding tert-OH is 1. The van der Waals surface area contributed by atoms with E-state index in [1.165, 1.54) is 4.90 Å². The van der Waals surface area contributed by atoms with Crippen LogP contribution in [0.15, 0.2) is 0 Å². The lowest BCUT2D eigenvalue weighted by Gasteiger charge is -2.23. The van der Waals surface area contributed by atoms with E-state index in [2.05, 4.69) is 0 Å².